The van der Waals surface area contributed by atoms with E-state index >= 15 is 0 Å². The van der Waals surface area contributed by atoms with Crippen molar-refractivity contribution in [3.63, 3.8) is 0 Å². The minimum absolute atomic E-state index is 0.156. The highest BCUT2D eigenvalue weighted by molar-refractivity contribution is 6.04. The second-order valence-corrected chi connectivity index (χ2v) is 5.38. The summed E-state index contributed by atoms with van der Waals surface area (Å²) in [5, 5.41) is 23.0. The molecule has 0 saturated heterocycles. The minimum Gasteiger partial charge on any atom is -0.507 e. The van der Waals surface area contributed by atoms with E-state index in [1.807, 2.05) is 31.2 Å². The highest BCUT2D eigenvalue weighted by atomic mass is 16.3. The number of para-hydroxylation sites is 2. The fraction of sp³-hybridized carbons (Fsp3) is 0.0588. The van der Waals surface area contributed by atoms with Gasteiger partial charge in [0, 0.05) is 10.9 Å². The molecule has 7 nitrogen and oxygen atoms in total. The van der Waals surface area contributed by atoms with E-state index in [1.165, 1.54) is 6.21 Å². The van der Waals surface area contributed by atoms with Gasteiger partial charge in [-0.3, -0.25) is 0 Å². The van der Waals surface area contributed by atoms with Crippen LogP contribution in [0.5, 0.6) is 5.75 Å². The Balaban J connectivity index is 1.65. The second kappa shape index (κ2) is 5.62. The molecule has 0 radical (unpaired) electrons. The number of aromatic nitrogens is 4. The summed E-state index contributed by atoms with van der Waals surface area (Å²) in [6, 6.07) is 12.9. The Labute approximate surface area is 137 Å². The van der Waals surface area contributed by atoms with Gasteiger partial charge in [0.2, 0.25) is 0 Å². The SMILES string of the molecule is Cc1cccc2c1[nH]c1nc(N/N=C\c3ccccc3O)nnc12. The normalized spacial score (nSPS) is 11.5. The molecule has 2 aromatic heterocycles. The molecule has 2 heterocycles. The summed E-state index contributed by atoms with van der Waals surface area (Å²) in [5.41, 5.74) is 6.82. The first-order chi connectivity index (χ1) is 11.7. The molecular weight excluding hydrogens is 304 g/mol. The van der Waals surface area contributed by atoms with Gasteiger partial charge in [0.05, 0.1) is 11.7 Å². The van der Waals surface area contributed by atoms with Crippen LogP contribution in [-0.2, 0) is 0 Å². The molecule has 0 aliphatic heterocycles. The summed E-state index contributed by atoms with van der Waals surface area (Å²) < 4.78 is 0. The molecule has 0 saturated carbocycles. The Kier molecular flexibility index (Phi) is 3.31. The van der Waals surface area contributed by atoms with E-state index in [1.54, 1.807) is 18.2 Å². The van der Waals surface area contributed by atoms with Crippen molar-refractivity contribution < 1.29 is 5.11 Å². The molecule has 24 heavy (non-hydrogen) atoms. The Bertz CT molecular complexity index is 1070. The quantitative estimate of drug-likeness (QED) is 0.398. The number of fused-ring (bicyclic) bond motifs is 3. The van der Waals surface area contributed by atoms with E-state index in [0.717, 1.165) is 22.0 Å². The summed E-state index contributed by atoms with van der Waals surface area (Å²) in [6.45, 7) is 2.03. The van der Waals surface area contributed by atoms with Gasteiger partial charge in [-0.1, -0.05) is 30.3 Å². The number of hydrazone groups is 1. The number of nitrogens with one attached hydrogen (secondary N) is 2. The first-order valence-corrected chi connectivity index (χ1v) is 7.41. The lowest BCUT2D eigenvalue weighted by molar-refractivity contribution is 0.474. The maximum atomic E-state index is 9.69. The van der Waals surface area contributed by atoms with Gasteiger partial charge in [-0.2, -0.15) is 10.1 Å². The van der Waals surface area contributed by atoms with Crippen LogP contribution in [0, 0.1) is 6.92 Å². The van der Waals surface area contributed by atoms with Crippen molar-refractivity contribution in [2.24, 2.45) is 5.10 Å². The van der Waals surface area contributed by atoms with E-state index in [-0.39, 0.29) is 11.7 Å². The number of aromatic amines is 1. The lowest BCUT2D eigenvalue weighted by atomic mass is 10.1. The Morgan fingerprint density at radius 2 is 2.00 bits per heavy atom. The van der Waals surface area contributed by atoms with Crippen LogP contribution in [0.4, 0.5) is 5.95 Å². The predicted octanol–water partition coefficient (Wildman–Crippen LogP) is 2.97. The molecule has 0 spiro atoms. The van der Waals surface area contributed by atoms with Crippen LogP contribution in [0.2, 0.25) is 0 Å². The average Bonchev–Trinajstić information content (AvgIpc) is 2.96. The van der Waals surface area contributed by atoms with Gasteiger partial charge in [0.15, 0.2) is 5.65 Å². The summed E-state index contributed by atoms with van der Waals surface area (Å²) in [5.74, 6) is 0.432. The van der Waals surface area contributed by atoms with Gasteiger partial charge < -0.3 is 10.1 Å². The molecule has 2 aromatic carbocycles. The number of phenolic OH excluding ortho intramolecular Hbond substituents is 1. The third-order valence-electron chi connectivity index (χ3n) is 3.76. The largest absolute Gasteiger partial charge is 0.507 e. The number of anilines is 1. The number of rotatable bonds is 3. The van der Waals surface area contributed by atoms with Crippen molar-refractivity contribution in [1.82, 2.24) is 20.2 Å². The first-order valence-electron chi connectivity index (χ1n) is 7.41. The maximum Gasteiger partial charge on any atom is 0.265 e. The monoisotopic (exact) mass is 318 g/mol. The number of nitrogens with zero attached hydrogens (tertiary/aromatic N) is 4. The maximum absolute atomic E-state index is 9.69. The molecule has 7 heteroatoms. The van der Waals surface area contributed by atoms with E-state index in [2.05, 4.69) is 30.7 Å². The second-order valence-electron chi connectivity index (χ2n) is 5.38. The zero-order valence-electron chi connectivity index (χ0n) is 12.9. The number of hydrogen-bond donors (Lipinski definition) is 3. The number of aromatic hydroxyl groups is 1. The van der Waals surface area contributed by atoms with E-state index < -0.39 is 0 Å². The smallest absolute Gasteiger partial charge is 0.265 e. The zero-order valence-corrected chi connectivity index (χ0v) is 12.9. The van der Waals surface area contributed by atoms with Crippen molar-refractivity contribution >= 4 is 34.2 Å². The van der Waals surface area contributed by atoms with Crippen LogP contribution < -0.4 is 5.43 Å². The van der Waals surface area contributed by atoms with Crippen molar-refractivity contribution in [1.29, 1.82) is 0 Å². The topological polar surface area (TPSA) is 99.1 Å². The molecule has 0 atom stereocenters. The third kappa shape index (κ3) is 2.41. The molecule has 118 valence electrons. The molecule has 0 amide bonds. The Hall–Kier alpha value is -3.48. The number of H-pyrrole nitrogens is 1. The van der Waals surface area contributed by atoms with Crippen LogP contribution in [0.1, 0.15) is 11.1 Å². The molecule has 0 unspecified atom stereocenters. The van der Waals surface area contributed by atoms with Crippen molar-refractivity contribution in [2.45, 2.75) is 6.92 Å². The highest BCUT2D eigenvalue weighted by Gasteiger charge is 2.09. The summed E-state index contributed by atoms with van der Waals surface area (Å²) >= 11 is 0. The molecule has 0 aliphatic rings. The highest BCUT2D eigenvalue weighted by Crippen LogP contribution is 2.24. The molecule has 4 aromatic rings. The molecule has 0 fully saturated rings. The standard InChI is InChI=1S/C17H14N6O/c1-10-5-4-7-12-14(10)19-16-15(12)21-23-17(20-16)22-18-9-11-6-2-3-8-13(11)24/h2-9,24H,1H3,(H2,19,20,22,23)/b18-9-. The molecule has 4 rings (SSSR count). The van der Waals surface area contributed by atoms with E-state index in [4.69, 9.17) is 0 Å². The summed E-state index contributed by atoms with van der Waals surface area (Å²) in [4.78, 5) is 7.65. The molecule has 0 bridgehead atoms. The van der Waals surface area contributed by atoms with Crippen molar-refractivity contribution in [2.75, 3.05) is 5.43 Å². The van der Waals surface area contributed by atoms with Gasteiger partial charge in [0.1, 0.15) is 11.3 Å². The van der Waals surface area contributed by atoms with E-state index in [0.29, 0.717) is 11.2 Å². The Morgan fingerprint density at radius 3 is 2.88 bits per heavy atom. The van der Waals surface area contributed by atoms with Gasteiger partial charge in [-0.25, -0.2) is 5.43 Å². The van der Waals surface area contributed by atoms with Crippen LogP contribution in [0.25, 0.3) is 22.1 Å². The third-order valence-corrected chi connectivity index (χ3v) is 3.76. The zero-order chi connectivity index (χ0) is 16.5. The fourth-order valence-corrected chi connectivity index (χ4v) is 2.55. The lowest BCUT2D eigenvalue weighted by Crippen LogP contribution is -1.99. The van der Waals surface area contributed by atoms with Gasteiger partial charge in [-0.05, 0) is 24.6 Å². The van der Waals surface area contributed by atoms with Crippen LogP contribution >= 0.6 is 0 Å². The fourth-order valence-electron chi connectivity index (χ4n) is 2.55. The number of hydrogen-bond acceptors (Lipinski definition) is 6. The molecule has 0 aliphatic carbocycles. The molecule has 3 N–H and O–H groups in total. The minimum atomic E-state index is 0.156. The lowest BCUT2D eigenvalue weighted by Gasteiger charge is -1.98. The van der Waals surface area contributed by atoms with Crippen LogP contribution in [0.15, 0.2) is 47.6 Å². The van der Waals surface area contributed by atoms with Gasteiger partial charge in [0.25, 0.3) is 5.95 Å². The first kappa shape index (κ1) is 14.1. The number of aryl methyl sites for hydroxylation is 1. The average molecular weight is 318 g/mol. The number of benzene rings is 2. The predicted molar refractivity (Wildman–Crippen MR) is 93.3 cm³/mol. The molecular formula is C17H14N6O. The Morgan fingerprint density at radius 1 is 1.12 bits per heavy atom. The van der Waals surface area contributed by atoms with Gasteiger partial charge in [-0.15, -0.1) is 10.2 Å². The van der Waals surface area contributed by atoms with Gasteiger partial charge >= 0.3 is 0 Å². The van der Waals surface area contributed by atoms with E-state index in [9.17, 15) is 5.11 Å². The summed E-state index contributed by atoms with van der Waals surface area (Å²) in [6.07, 6.45) is 1.50. The number of phenols is 1. The van der Waals surface area contributed by atoms with Crippen LogP contribution in [-0.4, -0.2) is 31.5 Å². The summed E-state index contributed by atoms with van der Waals surface area (Å²) in [7, 11) is 0. The van der Waals surface area contributed by atoms with Crippen molar-refractivity contribution in [3.05, 3.63) is 53.6 Å². The van der Waals surface area contributed by atoms with Crippen molar-refractivity contribution in [3.8, 4) is 5.75 Å². The van der Waals surface area contributed by atoms with Crippen LogP contribution in [0.3, 0.4) is 0 Å².